The van der Waals surface area contributed by atoms with Crippen molar-refractivity contribution >= 4 is 17.1 Å². The zero-order valence-corrected chi connectivity index (χ0v) is 14.4. The van der Waals surface area contributed by atoms with Gasteiger partial charge in [-0.2, -0.15) is 4.98 Å². The second kappa shape index (κ2) is 6.31. The van der Waals surface area contributed by atoms with Crippen LogP contribution in [0.3, 0.4) is 0 Å². The Balaban J connectivity index is 1.61. The predicted octanol–water partition coefficient (Wildman–Crippen LogP) is 5.16. The van der Waals surface area contributed by atoms with E-state index < -0.39 is 0 Å². The summed E-state index contributed by atoms with van der Waals surface area (Å²) in [5, 5.41) is 0. The Kier molecular flexibility index (Phi) is 4.01. The maximum absolute atomic E-state index is 6.07. The highest BCUT2D eigenvalue weighted by Gasteiger charge is 2.28. The molecule has 0 spiro atoms. The van der Waals surface area contributed by atoms with Crippen molar-refractivity contribution in [2.75, 3.05) is 11.4 Å². The fourth-order valence-electron chi connectivity index (χ4n) is 3.60. The molecule has 124 valence electrons. The monoisotopic (exact) mass is 320 g/mol. The summed E-state index contributed by atoms with van der Waals surface area (Å²) in [6.07, 6.45) is 3.45. The number of benzene rings is 2. The van der Waals surface area contributed by atoms with Crippen molar-refractivity contribution in [1.29, 1.82) is 0 Å². The second-order valence-corrected chi connectivity index (χ2v) is 7.06. The number of aromatic nitrogens is 1. The van der Waals surface area contributed by atoms with Gasteiger partial charge in [-0.3, -0.25) is 0 Å². The van der Waals surface area contributed by atoms with Crippen molar-refractivity contribution in [3.05, 3.63) is 59.7 Å². The van der Waals surface area contributed by atoms with Crippen LogP contribution in [0.25, 0.3) is 11.1 Å². The molecule has 0 amide bonds. The second-order valence-electron chi connectivity index (χ2n) is 7.06. The van der Waals surface area contributed by atoms with Crippen molar-refractivity contribution in [3.8, 4) is 0 Å². The minimum absolute atomic E-state index is 0.477. The Morgan fingerprint density at radius 3 is 2.79 bits per heavy atom. The van der Waals surface area contributed by atoms with Crippen molar-refractivity contribution in [1.82, 2.24) is 4.98 Å². The quantitative estimate of drug-likeness (QED) is 0.664. The van der Waals surface area contributed by atoms with Gasteiger partial charge in [-0.1, -0.05) is 50.2 Å². The summed E-state index contributed by atoms with van der Waals surface area (Å²) >= 11 is 0. The van der Waals surface area contributed by atoms with Gasteiger partial charge in [-0.05, 0) is 48.4 Å². The summed E-state index contributed by atoms with van der Waals surface area (Å²) in [5.41, 5.74) is 4.55. The number of oxazole rings is 1. The Morgan fingerprint density at radius 1 is 1.17 bits per heavy atom. The summed E-state index contributed by atoms with van der Waals surface area (Å²) in [7, 11) is 0. The zero-order chi connectivity index (χ0) is 16.5. The lowest BCUT2D eigenvalue weighted by Gasteiger charge is -2.22. The highest BCUT2D eigenvalue weighted by molar-refractivity contribution is 5.75. The van der Waals surface area contributed by atoms with Crippen LogP contribution in [-0.4, -0.2) is 17.6 Å². The molecule has 24 heavy (non-hydrogen) atoms. The van der Waals surface area contributed by atoms with Crippen molar-refractivity contribution < 1.29 is 4.42 Å². The molecule has 1 unspecified atom stereocenters. The highest BCUT2D eigenvalue weighted by atomic mass is 16.4. The Labute approximate surface area is 143 Å². The molecule has 1 atom stereocenters. The first-order valence-corrected chi connectivity index (χ1v) is 8.92. The standard InChI is InChI=1S/C21H24N2O/c1-15(2)17-10-11-20-19(14-17)22-21(24-20)23-12-6-9-18(23)13-16-7-4-3-5-8-16/h3-5,7-8,10-11,14-15,18H,6,9,12-13H2,1-2H3. The summed E-state index contributed by atoms with van der Waals surface area (Å²) < 4.78 is 6.07. The fraction of sp³-hybridized carbons (Fsp3) is 0.381. The topological polar surface area (TPSA) is 29.3 Å². The van der Waals surface area contributed by atoms with Gasteiger partial charge in [0.1, 0.15) is 5.52 Å². The number of nitrogens with zero attached hydrogens (tertiary/aromatic N) is 2. The van der Waals surface area contributed by atoms with Gasteiger partial charge in [0.25, 0.3) is 6.01 Å². The van der Waals surface area contributed by atoms with E-state index in [0.29, 0.717) is 12.0 Å². The third kappa shape index (κ3) is 2.91. The summed E-state index contributed by atoms with van der Waals surface area (Å²) in [6.45, 7) is 5.44. The van der Waals surface area contributed by atoms with E-state index in [-0.39, 0.29) is 0 Å². The van der Waals surface area contributed by atoms with Crippen LogP contribution in [0.4, 0.5) is 6.01 Å². The molecule has 0 radical (unpaired) electrons. The molecule has 0 saturated carbocycles. The maximum atomic E-state index is 6.07. The van der Waals surface area contributed by atoms with E-state index in [2.05, 4.69) is 67.3 Å². The minimum Gasteiger partial charge on any atom is -0.423 e. The Bertz CT molecular complexity index is 822. The first-order valence-electron chi connectivity index (χ1n) is 8.92. The molecule has 2 heterocycles. The number of hydrogen-bond donors (Lipinski definition) is 0. The molecule has 4 rings (SSSR count). The smallest absolute Gasteiger partial charge is 0.298 e. The molecular weight excluding hydrogens is 296 g/mol. The first-order chi connectivity index (χ1) is 11.7. The molecule has 2 aromatic carbocycles. The SMILES string of the molecule is CC(C)c1ccc2oc(N3CCCC3Cc3ccccc3)nc2c1. The van der Waals surface area contributed by atoms with Crippen LogP contribution in [0.15, 0.2) is 52.9 Å². The molecule has 3 nitrogen and oxygen atoms in total. The number of rotatable bonds is 4. The molecule has 1 aliphatic rings. The molecule has 0 bridgehead atoms. The lowest BCUT2D eigenvalue weighted by Crippen LogP contribution is -2.31. The van der Waals surface area contributed by atoms with Gasteiger partial charge < -0.3 is 9.32 Å². The van der Waals surface area contributed by atoms with Gasteiger partial charge in [0.2, 0.25) is 0 Å². The van der Waals surface area contributed by atoms with E-state index in [9.17, 15) is 0 Å². The molecule has 1 aromatic heterocycles. The van der Waals surface area contributed by atoms with E-state index in [4.69, 9.17) is 9.40 Å². The van der Waals surface area contributed by atoms with E-state index in [1.54, 1.807) is 0 Å². The molecule has 1 saturated heterocycles. The molecule has 3 aromatic rings. The number of fused-ring (bicyclic) bond motifs is 1. The zero-order valence-electron chi connectivity index (χ0n) is 14.4. The van der Waals surface area contributed by atoms with E-state index in [1.165, 1.54) is 24.0 Å². The predicted molar refractivity (Wildman–Crippen MR) is 98.6 cm³/mol. The Morgan fingerprint density at radius 2 is 2.00 bits per heavy atom. The first kappa shape index (κ1) is 15.3. The molecule has 0 N–H and O–H groups in total. The van der Waals surface area contributed by atoms with Gasteiger partial charge in [-0.25, -0.2) is 0 Å². The van der Waals surface area contributed by atoms with Crippen molar-refractivity contribution in [2.24, 2.45) is 0 Å². The summed E-state index contributed by atoms with van der Waals surface area (Å²) in [4.78, 5) is 7.14. The number of anilines is 1. The van der Waals surface area contributed by atoms with E-state index in [0.717, 1.165) is 30.1 Å². The highest BCUT2D eigenvalue weighted by Crippen LogP contribution is 2.31. The lowest BCUT2D eigenvalue weighted by atomic mass is 10.0. The molecule has 3 heteroatoms. The average Bonchev–Trinajstić information content (AvgIpc) is 3.21. The Hall–Kier alpha value is -2.29. The van der Waals surface area contributed by atoms with Gasteiger partial charge in [0.05, 0.1) is 0 Å². The van der Waals surface area contributed by atoms with Gasteiger partial charge in [0, 0.05) is 12.6 Å². The molecule has 1 fully saturated rings. The van der Waals surface area contributed by atoms with Crippen LogP contribution in [0.5, 0.6) is 0 Å². The summed E-state index contributed by atoms with van der Waals surface area (Å²) in [6, 6.07) is 18.3. The largest absolute Gasteiger partial charge is 0.423 e. The van der Waals surface area contributed by atoms with Crippen LogP contribution >= 0.6 is 0 Å². The van der Waals surface area contributed by atoms with Gasteiger partial charge in [-0.15, -0.1) is 0 Å². The van der Waals surface area contributed by atoms with Crippen LogP contribution in [0.1, 0.15) is 43.7 Å². The third-order valence-corrected chi connectivity index (χ3v) is 5.00. The number of hydrogen-bond acceptors (Lipinski definition) is 3. The molecule has 1 aliphatic heterocycles. The third-order valence-electron chi connectivity index (χ3n) is 5.00. The van der Waals surface area contributed by atoms with Crippen LogP contribution < -0.4 is 4.90 Å². The van der Waals surface area contributed by atoms with E-state index >= 15 is 0 Å². The van der Waals surface area contributed by atoms with Crippen molar-refractivity contribution in [2.45, 2.75) is 45.1 Å². The molecular formula is C21H24N2O. The average molecular weight is 320 g/mol. The van der Waals surface area contributed by atoms with Crippen molar-refractivity contribution in [3.63, 3.8) is 0 Å². The fourth-order valence-corrected chi connectivity index (χ4v) is 3.60. The van der Waals surface area contributed by atoms with Crippen LogP contribution in [0, 0.1) is 0 Å². The maximum Gasteiger partial charge on any atom is 0.298 e. The molecule has 0 aliphatic carbocycles. The van der Waals surface area contributed by atoms with E-state index in [1.807, 2.05) is 0 Å². The van der Waals surface area contributed by atoms with Gasteiger partial charge >= 0.3 is 0 Å². The van der Waals surface area contributed by atoms with Gasteiger partial charge in [0.15, 0.2) is 5.58 Å². The van der Waals surface area contributed by atoms with Crippen LogP contribution in [0.2, 0.25) is 0 Å². The summed E-state index contributed by atoms with van der Waals surface area (Å²) in [5.74, 6) is 0.507. The lowest BCUT2D eigenvalue weighted by molar-refractivity contribution is 0.546. The van der Waals surface area contributed by atoms with Crippen LogP contribution in [-0.2, 0) is 6.42 Å². The normalized spacial score (nSPS) is 18.0. The minimum atomic E-state index is 0.477.